The predicted octanol–water partition coefficient (Wildman–Crippen LogP) is 2.55. The van der Waals surface area contributed by atoms with Crippen LogP contribution in [0.25, 0.3) is 0 Å². The van der Waals surface area contributed by atoms with Crippen molar-refractivity contribution in [3.8, 4) is 12.1 Å². The molecule has 0 spiro atoms. The van der Waals surface area contributed by atoms with E-state index in [0.29, 0.717) is 6.61 Å². The van der Waals surface area contributed by atoms with Crippen molar-refractivity contribution in [1.82, 2.24) is 0 Å². The van der Waals surface area contributed by atoms with Gasteiger partial charge in [-0.3, -0.25) is 4.79 Å². The highest BCUT2D eigenvalue weighted by atomic mass is 16.5. The Bertz CT molecular complexity index is 331. The molecule has 0 bridgehead atoms. The minimum absolute atomic E-state index is 0.201. The van der Waals surface area contributed by atoms with Gasteiger partial charge in [0.05, 0.1) is 25.2 Å². The van der Waals surface area contributed by atoms with Crippen LogP contribution in [-0.2, 0) is 9.53 Å². The summed E-state index contributed by atoms with van der Waals surface area (Å²) < 4.78 is 4.95. The van der Waals surface area contributed by atoms with Crippen LogP contribution in [0.15, 0.2) is 0 Å². The quantitative estimate of drug-likeness (QED) is 0.700. The second-order valence-electron chi connectivity index (χ2n) is 4.60. The summed E-state index contributed by atoms with van der Waals surface area (Å²) in [6.07, 6.45) is 4.84. The van der Waals surface area contributed by atoms with Crippen molar-refractivity contribution in [2.75, 3.05) is 6.61 Å². The Morgan fingerprint density at radius 1 is 1.29 bits per heavy atom. The third kappa shape index (κ3) is 3.20. The van der Waals surface area contributed by atoms with Crippen LogP contribution in [0.3, 0.4) is 0 Å². The van der Waals surface area contributed by atoms with Gasteiger partial charge in [0.25, 0.3) is 0 Å². The van der Waals surface area contributed by atoms with Crippen molar-refractivity contribution in [1.29, 1.82) is 10.5 Å². The lowest BCUT2D eigenvalue weighted by Gasteiger charge is -2.37. The summed E-state index contributed by atoms with van der Waals surface area (Å²) in [6, 6.07) is 4.08. The summed E-state index contributed by atoms with van der Waals surface area (Å²) in [5.74, 6) is -0.989. The molecule has 1 fully saturated rings. The molecule has 0 amide bonds. The highest BCUT2D eigenvalue weighted by molar-refractivity contribution is 5.70. The van der Waals surface area contributed by atoms with E-state index in [0.717, 1.165) is 32.1 Å². The molecule has 17 heavy (non-hydrogen) atoms. The molecule has 0 atom stereocenters. The number of hydrogen-bond acceptors (Lipinski definition) is 4. The molecule has 0 heterocycles. The van der Waals surface area contributed by atoms with Crippen LogP contribution in [0.2, 0.25) is 0 Å². The van der Waals surface area contributed by atoms with E-state index in [1.54, 1.807) is 6.92 Å². The number of rotatable bonds is 4. The molecule has 92 valence electrons. The fraction of sp³-hybridized carbons (Fsp3) is 0.769. The van der Waals surface area contributed by atoms with Crippen LogP contribution < -0.4 is 0 Å². The lowest BCUT2D eigenvalue weighted by Crippen LogP contribution is -2.34. The Balaban J connectivity index is 2.83. The van der Waals surface area contributed by atoms with Gasteiger partial charge < -0.3 is 4.74 Å². The van der Waals surface area contributed by atoms with Gasteiger partial charge in [-0.2, -0.15) is 10.5 Å². The summed E-state index contributed by atoms with van der Waals surface area (Å²) in [4.78, 5) is 11.6. The van der Waals surface area contributed by atoms with E-state index in [2.05, 4.69) is 0 Å². The average Bonchev–Trinajstić information content (AvgIpc) is 2.31. The number of nitrogens with zero attached hydrogens (tertiary/aromatic N) is 2. The molecule has 0 aromatic rings. The molecule has 4 heteroatoms. The van der Waals surface area contributed by atoms with Crippen LogP contribution in [0, 0.1) is 34.0 Å². The molecule has 0 aliphatic heterocycles. The van der Waals surface area contributed by atoms with E-state index in [1.807, 2.05) is 12.1 Å². The van der Waals surface area contributed by atoms with E-state index in [4.69, 9.17) is 15.3 Å². The van der Waals surface area contributed by atoms with Crippen LogP contribution >= 0.6 is 0 Å². The maximum absolute atomic E-state index is 11.6. The van der Waals surface area contributed by atoms with E-state index in [-0.39, 0.29) is 12.4 Å². The minimum Gasteiger partial charge on any atom is -0.466 e. The van der Waals surface area contributed by atoms with Crippen molar-refractivity contribution in [2.24, 2.45) is 11.3 Å². The maximum Gasteiger partial charge on any atom is 0.306 e. The zero-order valence-electron chi connectivity index (χ0n) is 10.2. The number of nitriles is 2. The van der Waals surface area contributed by atoms with Crippen molar-refractivity contribution in [2.45, 2.75) is 45.4 Å². The SMILES string of the molecule is CCOC(=O)CC1(C(C#N)C#N)CCCCC1. The predicted molar refractivity (Wildman–Crippen MR) is 61.5 cm³/mol. The van der Waals surface area contributed by atoms with Crippen molar-refractivity contribution in [3.05, 3.63) is 0 Å². The van der Waals surface area contributed by atoms with Gasteiger partial charge in [0.15, 0.2) is 0 Å². The first-order valence-electron chi connectivity index (χ1n) is 6.13. The van der Waals surface area contributed by atoms with Crippen molar-refractivity contribution in [3.63, 3.8) is 0 Å². The summed E-state index contributed by atoms with van der Waals surface area (Å²) in [6.45, 7) is 2.11. The Morgan fingerprint density at radius 2 is 1.88 bits per heavy atom. The van der Waals surface area contributed by atoms with Gasteiger partial charge in [-0.15, -0.1) is 0 Å². The summed E-state index contributed by atoms with van der Waals surface area (Å²) in [5.41, 5.74) is -0.478. The third-order valence-corrected chi connectivity index (χ3v) is 3.52. The zero-order valence-corrected chi connectivity index (χ0v) is 10.2. The largest absolute Gasteiger partial charge is 0.466 e. The average molecular weight is 234 g/mol. The molecule has 1 saturated carbocycles. The lowest BCUT2D eigenvalue weighted by atomic mass is 9.65. The van der Waals surface area contributed by atoms with Gasteiger partial charge in [-0.25, -0.2) is 0 Å². The summed E-state index contributed by atoms with van der Waals surface area (Å²) in [5, 5.41) is 18.1. The topological polar surface area (TPSA) is 73.9 Å². The Kier molecular flexibility index (Phi) is 4.97. The van der Waals surface area contributed by atoms with Gasteiger partial charge in [0.1, 0.15) is 5.92 Å². The van der Waals surface area contributed by atoms with Gasteiger partial charge in [-0.05, 0) is 19.8 Å². The van der Waals surface area contributed by atoms with Crippen molar-refractivity contribution >= 4 is 5.97 Å². The first-order valence-corrected chi connectivity index (χ1v) is 6.13. The van der Waals surface area contributed by atoms with E-state index < -0.39 is 11.3 Å². The standard InChI is InChI=1S/C13H18N2O2/c1-2-17-12(16)8-13(11(9-14)10-15)6-4-3-5-7-13/h11H,2-8H2,1H3. The first-order chi connectivity index (χ1) is 8.18. The third-order valence-electron chi connectivity index (χ3n) is 3.52. The van der Waals surface area contributed by atoms with E-state index in [1.165, 1.54) is 0 Å². The van der Waals surface area contributed by atoms with E-state index in [9.17, 15) is 4.79 Å². The summed E-state index contributed by atoms with van der Waals surface area (Å²) in [7, 11) is 0. The Hall–Kier alpha value is -1.55. The molecule has 1 aliphatic rings. The monoisotopic (exact) mass is 234 g/mol. The molecule has 0 aromatic heterocycles. The molecular formula is C13H18N2O2. The first kappa shape index (κ1) is 13.5. The van der Waals surface area contributed by atoms with Crippen molar-refractivity contribution < 1.29 is 9.53 Å². The number of carbonyl (C=O) groups excluding carboxylic acids is 1. The number of ether oxygens (including phenoxy) is 1. The molecule has 1 rings (SSSR count). The zero-order chi connectivity index (χ0) is 12.7. The number of hydrogen-bond donors (Lipinski definition) is 0. The Labute approximate surface area is 102 Å². The maximum atomic E-state index is 11.6. The van der Waals surface area contributed by atoms with Gasteiger partial charge in [0, 0.05) is 5.41 Å². The minimum atomic E-state index is -0.702. The van der Waals surface area contributed by atoms with Gasteiger partial charge in [0.2, 0.25) is 0 Å². The van der Waals surface area contributed by atoms with Crippen LogP contribution in [-0.4, -0.2) is 12.6 Å². The molecule has 0 radical (unpaired) electrons. The molecule has 0 aromatic carbocycles. The fourth-order valence-corrected chi connectivity index (χ4v) is 2.63. The van der Waals surface area contributed by atoms with Crippen LogP contribution in [0.4, 0.5) is 0 Å². The second-order valence-corrected chi connectivity index (χ2v) is 4.60. The number of carbonyl (C=O) groups is 1. The van der Waals surface area contributed by atoms with Gasteiger partial charge in [-0.1, -0.05) is 19.3 Å². The smallest absolute Gasteiger partial charge is 0.306 e. The second kappa shape index (κ2) is 6.25. The van der Waals surface area contributed by atoms with Crippen LogP contribution in [0.5, 0.6) is 0 Å². The normalized spacial score (nSPS) is 18.1. The highest BCUT2D eigenvalue weighted by Crippen LogP contribution is 2.45. The molecule has 0 N–H and O–H groups in total. The molecule has 1 aliphatic carbocycles. The van der Waals surface area contributed by atoms with Crippen LogP contribution in [0.1, 0.15) is 45.4 Å². The highest BCUT2D eigenvalue weighted by Gasteiger charge is 2.42. The van der Waals surface area contributed by atoms with E-state index >= 15 is 0 Å². The molecule has 0 unspecified atom stereocenters. The van der Waals surface area contributed by atoms with Gasteiger partial charge >= 0.3 is 5.97 Å². The molecular weight excluding hydrogens is 216 g/mol. The molecule has 4 nitrogen and oxygen atoms in total. The molecule has 0 saturated heterocycles. The Morgan fingerprint density at radius 3 is 2.35 bits per heavy atom. The fourth-order valence-electron chi connectivity index (χ4n) is 2.63. The lowest BCUT2D eigenvalue weighted by molar-refractivity contribution is -0.147. The number of esters is 1. The summed E-state index contributed by atoms with van der Waals surface area (Å²) >= 11 is 0.